The summed E-state index contributed by atoms with van der Waals surface area (Å²) in [7, 11) is 4.58. The number of nitriles is 1. The summed E-state index contributed by atoms with van der Waals surface area (Å²) in [5.74, 6) is -0.414. The molecule has 0 spiro atoms. The molecule has 0 saturated carbocycles. The van der Waals surface area contributed by atoms with Gasteiger partial charge in [-0.1, -0.05) is 26.8 Å². The highest BCUT2D eigenvalue weighted by Crippen LogP contribution is 2.45. The van der Waals surface area contributed by atoms with Gasteiger partial charge in [-0.05, 0) is 65.6 Å². The van der Waals surface area contributed by atoms with Crippen LogP contribution in [0, 0.1) is 11.3 Å². The number of Topliss-reactive ketones (excluding diaryl/α,β-unsaturated/α-hetero) is 1. The third-order valence-electron chi connectivity index (χ3n) is 6.72. The standard InChI is InChI=1S/C31H30N2O6/c1-31(2,3)22-15-20(10-13-23(22)37-4)28(34)26-27(19-9-14-24(38-5)25(16-19)39-6)33(30(36)29(26)35)21-11-7-18(17-32)8-12-21/h7-16,27,34H,1-6H3/b28-26+. The van der Waals surface area contributed by atoms with Gasteiger partial charge in [0.25, 0.3) is 11.7 Å². The fourth-order valence-corrected chi connectivity index (χ4v) is 4.73. The molecule has 1 heterocycles. The molecule has 8 nitrogen and oxygen atoms in total. The summed E-state index contributed by atoms with van der Waals surface area (Å²) in [4.78, 5) is 28.4. The molecule has 1 N–H and O–H groups in total. The van der Waals surface area contributed by atoms with E-state index in [0.29, 0.717) is 39.6 Å². The van der Waals surface area contributed by atoms with E-state index in [4.69, 9.17) is 14.2 Å². The number of amides is 1. The molecule has 200 valence electrons. The van der Waals surface area contributed by atoms with Gasteiger partial charge in [0.05, 0.1) is 44.6 Å². The van der Waals surface area contributed by atoms with E-state index < -0.39 is 17.7 Å². The molecule has 0 bridgehead atoms. The van der Waals surface area contributed by atoms with Gasteiger partial charge in [0.1, 0.15) is 11.5 Å². The van der Waals surface area contributed by atoms with Gasteiger partial charge in [-0.2, -0.15) is 5.26 Å². The second kappa shape index (κ2) is 10.5. The number of rotatable bonds is 6. The molecule has 8 heteroatoms. The molecule has 0 radical (unpaired) electrons. The number of hydrogen-bond donors (Lipinski definition) is 1. The highest BCUT2D eigenvalue weighted by atomic mass is 16.5. The van der Waals surface area contributed by atoms with Crippen LogP contribution < -0.4 is 19.1 Å². The van der Waals surface area contributed by atoms with Crippen LogP contribution in [0.15, 0.2) is 66.2 Å². The SMILES string of the molecule is COc1ccc(C2/C(=C(\O)c3ccc(OC)c(C(C)(C)C)c3)C(=O)C(=O)N2c2ccc(C#N)cc2)cc1OC. The van der Waals surface area contributed by atoms with E-state index in [1.165, 1.54) is 19.1 Å². The molecule has 1 saturated heterocycles. The summed E-state index contributed by atoms with van der Waals surface area (Å²) in [6.45, 7) is 6.05. The van der Waals surface area contributed by atoms with Crippen molar-refractivity contribution in [1.82, 2.24) is 0 Å². The Balaban J connectivity index is 1.98. The third-order valence-corrected chi connectivity index (χ3v) is 6.72. The lowest BCUT2D eigenvalue weighted by Gasteiger charge is -2.26. The van der Waals surface area contributed by atoms with Gasteiger partial charge in [0, 0.05) is 16.8 Å². The van der Waals surface area contributed by atoms with Crippen LogP contribution in [0.25, 0.3) is 5.76 Å². The smallest absolute Gasteiger partial charge is 0.300 e. The molecule has 3 aromatic carbocycles. The van der Waals surface area contributed by atoms with Gasteiger partial charge in [-0.25, -0.2) is 0 Å². The maximum atomic E-state index is 13.6. The maximum Gasteiger partial charge on any atom is 0.300 e. The first-order valence-electron chi connectivity index (χ1n) is 12.3. The van der Waals surface area contributed by atoms with Crippen molar-refractivity contribution in [3.63, 3.8) is 0 Å². The van der Waals surface area contributed by atoms with E-state index in [9.17, 15) is 20.0 Å². The number of ketones is 1. The van der Waals surface area contributed by atoms with Crippen molar-refractivity contribution in [3.05, 3.63) is 88.5 Å². The fraction of sp³-hybridized carbons (Fsp3) is 0.258. The third kappa shape index (κ3) is 4.91. The molecule has 1 fully saturated rings. The molecule has 39 heavy (non-hydrogen) atoms. The zero-order chi connectivity index (χ0) is 28.5. The number of benzene rings is 3. The zero-order valence-electron chi connectivity index (χ0n) is 22.7. The van der Waals surface area contributed by atoms with Gasteiger partial charge >= 0.3 is 0 Å². The molecule has 3 aromatic rings. The summed E-state index contributed by atoms with van der Waals surface area (Å²) < 4.78 is 16.4. The van der Waals surface area contributed by atoms with Crippen LogP contribution in [0.1, 0.15) is 49.1 Å². The van der Waals surface area contributed by atoms with Crippen molar-refractivity contribution in [2.45, 2.75) is 32.2 Å². The Morgan fingerprint density at radius 1 is 0.872 bits per heavy atom. The number of carbonyl (C=O) groups is 2. The van der Waals surface area contributed by atoms with E-state index in [2.05, 4.69) is 6.07 Å². The van der Waals surface area contributed by atoms with Crippen molar-refractivity contribution in [3.8, 4) is 23.3 Å². The van der Waals surface area contributed by atoms with Crippen molar-refractivity contribution < 1.29 is 28.9 Å². The molecule has 1 aliphatic rings. The first kappa shape index (κ1) is 27.3. The predicted octanol–water partition coefficient (Wildman–Crippen LogP) is 5.51. The Morgan fingerprint density at radius 3 is 2.05 bits per heavy atom. The van der Waals surface area contributed by atoms with Crippen LogP contribution in [-0.4, -0.2) is 38.1 Å². The largest absolute Gasteiger partial charge is 0.507 e. The molecule has 1 aliphatic heterocycles. The number of ether oxygens (including phenoxy) is 3. The van der Waals surface area contributed by atoms with E-state index in [1.807, 2.05) is 20.8 Å². The fourth-order valence-electron chi connectivity index (χ4n) is 4.73. The highest BCUT2D eigenvalue weighted by molar-refractivity contribution is 6.51. The second-order valence-corrected chi connectivity index (χ2v) is 10.1. The molecule has 1 atom stereocenters. The summed E-state index contributed by atoms with van der Waals surface area (Å²) in [6, 6.07) is 17.6. The molecular weight excluding hydrogens is 496 g/mol. The van der Waals surface area contributed by atoms with Crippen LogP contribution >= 0.6 is 0 Å². The number of anilines is 1. The van der Waals surface area contributed by atoms with E-state index in [-0.39, 0.29) is 16.7 Å². The molecular formula is C31H30N2O6. The van der Waals surface area contributed by atoms with Crippen LogP contribution in [0.3, 0.4) is 0 Å². The number of aliphatic hydroxyl groups excluding tert-OH is 1. The Morgan fingerprint density at radius 2 is 1.49 bits per heavy atom. The Labute approximate surface area is 227 Å². The van der Waals surface area contributed by atoms with Crippen molar-refractivity contribution in [1.29, 1.82) is 5.26 Å². The summed E-state index contributed by atoms with van der Waals surface area (Å²) in [6.07, 6.45) is 0. The first-order valence-corrected chi connectivity index (χ1v) is 12.3. The maximum absolute atomic E-state index is 13.6. The monoisotopic (exact) mass is 526 g/mol. The Hall–Kier alpha value is -4.77. The van der Waals surface area contributed by atoms with Gasteiger partial charge in [-0.15, -0.1) is 0 Å². The van der Waals surface area contributed by atoms with Crippen molar-refractivity contribution in [2.24, 2.45) is 0 Å². The quantitative estimate of drug-likeness (QED) is 0.256. The number of nitrogens with zero attached hydrogens (tertiary/aromatic N) is 2. The highest BCUT2D eigenvalue weighted by Gasteiger charge is 2.47. The number of hydrogen-bond acceptors (Lipinski definition) is 7. The van der Waals surface area contributed by atoms with E-state index >= 15 is 0 Å². The van der Waals surface area contributed by atoms with Crippen LogP contribution in [-0.2, 0) is 15.0 Å². The average molecular weight is 527 g/mol. The molecule has 1 unspecified atom stereocenters. The summed E-state index contributed by atoms with van der Waals surface area (Å²) in [5.41, 5.74) is 2.16. The van der Waals surface area contributed by atoms with Crippen molar-refractivity contribution in [2.75, 3.05) is 26.2 Å². The topological polar surface area (TPSA) is 109 Å². The minimum atomic E-state index is -0.974. The lowest BCUT2D eigenvalue weighted by molar-refractivity contribution is -0.132. The average Bonchev–Trinajstić information content (AvgIpc) is 3.21. The van der Waals surface area contributed by atoms with Gasteiger partial charge < -0.3 is 19.3 Å². The van der Waals surface area contributed by atoms with Crippen LogP contribution in [0.4, 0.5) is 5.69 Å². The van der Waals surface area contributed by atoms with Gasteiger partial charge in [0.2, 0.25) is 0 Å². The summed E-state index contributed by atoms with van der Waals surface area (Å²) >= 11 is 0. The van der Waals surface area contributed by atoms with Gasteiger partial charge in [-0.3, -0.25) is 14.5 Å². The Bertz CT molecular complexity index is 1510. The van der Waals surface area contributed by atoms with Crippen LogP contribution in [0.2, 0.25) is 0 Å². The number of carbonyl (C=O) groups excluding carboxylic acids is 2. The number of aliphatic hydroxyl groups is 1. The van der Waals surface area contributed by atoms with E-state index in [1.54, 1.807) is 67.8 Å². The molecule has 1 amide bonds. The lowest BCUT2D eigenvalue weighted by Crippen LogP contribution is -2.29. The molecule has 0 aliphatic carbocycles. The normalized spacial score (nSPS) is 16.6. The number of methoxy groups -OCH3 is 3. The predicted molar refractivity (Wildman–Crippen MR) is 147 cm³/mol. The first-order chi connectivity index (χ1) is 18.5. The molecule has 0 aromatic heterocycles. The van der Waals surface area contributed by atoms with Crippen molar-refractivity contribution >= 4 is 23.1 Å². The van der Waals surface area contributed by atoms with Crippen LogP contribution in [0.5, 0.6) is 17.2 Å². The lowest BCUT2D eigenvalue weighted by atomic mass is 9.84. The zero-order valence-corrected chi connectivity index (χ0v) is 22.7. The Kier molecular flexibility index (Phi) is 7.37. The molecule has 4 rings (SSSR count). The minimum Gasteiger partial charge on any atom is -0.507 e. The summed E-state index contributed by atoms with van der Waals surface area (Å²) in [5, 5.41) is 20.8. The second-order valence-electron chi connectivity index (χ2n) is 10.1. The van der Waals surface area contributed by atoms with Gasteiger partial charge in [0.15, 0.2) is 11.5 Å². The van der Waals surface area contributed by atoms with E-state index in [0.717, 1.165) is 5.56 Å². The minimum absolute atomic E-state index is 0.0680.